The Kier molecular flexibility index (Phi) is 3.75. The number of carbonyl (C=O) groups is 1. The van der Waals surface area contributed by atoms with E-state index < -0.39 is 5.97 Å². The molecule has 100 valence electrons. The van der Waals surface area contributed by atoms with E-state index in [1.54, 1.807) is 11.6 Å². The number of hydrogen-bond donors (Lipinski definition) is 1. The van der Waals surface area contributed by atoms with Crippen LogP contribution in [0.4, 0.5) is 0 Å². The molecular weight excluding hydrogens is 308 g/mol. The van der Waals surface area contributed by atoms with Crippen LogP contribution in [0.25, 0.3) is 11.4 Å². The topological polar surface area (TPSA) is 55.1 Å². The van der Waals surface area contributed by atoms with Gasteiger partial charge in [0.2, 0.25) is 0 Å². The predicted octanol–water partition coefficient (Wildman–Crippen LogP) is 3.67. The van der Waals surface area contributed by atoms with Crippen molar-refractivity contribution in [2.24, 2.45) is 7.05 Å². The second-order valence-corrected chi connectivity index (χ2v) is 5.47. The number of nitrogens with zero attached hydrogens (tertiary/aromatic N) is 2. The fraction of sp³-hybridized carbons (Fsp3) is 0.286. The molecule has 0 atom stereocenters. The molecular formula is C14H15BrN2O2. The quantitative estimate of drug-likeness (QED) is 0.937. The van der Waals surface area contributed by atoms with Crippen molar-refractivity contribution in [3.8, 4) is 11.4 Å². The van der Waals surface area contributed by atoms with Gasteiger partial charge in [-0.25, -0.2) is 9.78 Å². The Morgan fingerprint density at radius 3 is 2.32 bits per heavy atom. The van der Waals surface area contributed by atoms with Crippen molar-refractivity contribution in [2.75, 3.05) is 0 Å². The first-order valence-corrected chi connectivity index (χ1v) is 6.77. The van der Waals surface area contributed by atoms with Crippen LogP contribution in [0.1, 0.15) is 35.8 Å². The lowest BCUT2D eigenvalue weighted by Crippen LogP contribution is -1.97. The molecule has 0 aliphatic rings. The normalized spacial score (nSPS) is 11.0. The van der Waals surface area contributed by atoms with Gasteiger partial charge in [0.1, 0.15) is 10.4 Å². The molecule has 2 aromatic rings. The molecule has 5 heteroatoms. The van der Waals surface area contributed by atoms with Gasteiger partial charge in [-0.3, -0.25) is 0 Å². The lowest BCUT2D eigenvalue weighted by atomic mass is 10.0. The number of imidazole rings is 1. The summed E-state index contributed by atoms with van der Waals surface area (Å²) in [6.45, 7) is 4.27. The van der Waals surface area contributed by atoms with Crippen LogP contribution >= 0.6 is 15.9 Å². The van der Waals surface area contributed by atoms with Crippen LogP contribution in [0.15, 0.2) is 28.9 Å². The third-order valence-electron chi connectivity index (χ3n) is 3.06. The molecule has 0 saturated heterocycles. The van der Waals surface area contributed by atoms with Gasteiger partial charge in [0.05, 0.1) is 0 Å². The maximum absolute atomic E-state index is 11.1. The van der Waals surface area contributed by atoms with Crippen molar-refractivity contribution in [3.05, 3.63) is 40.1 Å². The van der Waals surface area contributed by atoms with Gasteiger partial charge in [-0.15, -0.1) is 0 Å². The summed E-state index contributed by atoms with van der Waals surface area (Å²) in [5.41, 5.74) is 2.18. The minimum absolute atomic E-state index is 0.0328. The van der Waals surface area contributed by atoms with Gasteiger partial charge in [-0.2, -0.15) is 0 Å². The zero-order valence-corrected chi connectivity index (χ0v) is 12.6. The number of aromatic carboxylic acids is 1. The minimum Gasteiger partial charge on any atom is -0.476 e. The van der Waals surface area contributed by atoms with Crippen molar-refractivity contribution >= 4 is 21.9 Å². The third kappa shape index (κ3) is 2.56. The molecule has 1 aromatic carbocycles. The summed E-state index contributed by atoms with van der Waals surface area (Å²) in [7, 11) is 1.79. The number of rotatable bonds is 3. The summed E-state index contributed by atoms with van der Waals surface area (Å²) < 4.78 is 2.20. The molecule has 0 radical (unpaired) electrons. The van der Waals surface area contributed by atoms with Gasteiger partial charge in [-0.1, -0.05) is 38.1 Å². The fourth-order valence-electron chi connectivity index (χ4n) is 1.89. The SMILES string of the molecule is CC(C)c1ccc(-c2nc(C(=O)O)c(Br)n2C)cc1. The summed E-state index contributed by atoms with van der Waals surface area (Å²) in [4.78, 5) is 15.2. The van der Waals surface area contributed by atoms with E-state index in [4.69, 9.17) is 5.11 Å². The van der Waals surface area contributed by atoms with E-state index in [0.717, 1.165) is 5.56 Å². The summed E-state index contributed by atoms with van der Waals surface area (Å²) in [6.07, 6.45) is 0. The van der Waals surface area contributed by atoms with Crippen molar-refractivity contribution in [1.82, 2.24) is 9.55 Å². The molecule has 2 rings (SSSR count). The van der Waals surface area contributed by atoms with Gasteiger partial charge in [0.25, 0.3) is 0 Å². The highest BCUT2D eigenvalue weighted by Gasteiger charge is 2.19. The Labute approximate surface area is 120 Å². The monoisotopic (exact) mass is 322 g/mol. The number of benzene rings is 1. The first-order chi connectivity index (χ1) is 8.91. The molecule has 0 amide bonds. The average molecular weight is 323 g/mol. The Hall–Kier alpha value is -1.62. The Balaban J connectivity index is 2.47. The van der Waals surface area contributed by atoms with E-state index in [0.29, 0.717) is 16.3 Å². The number of hydrogen-bond acceptors (Lipinski definition) is 2. The molecule has 0 spiro atoms. The van der Waals surface area contributed by atoms with E-state index in [2.05, 4.69) is 34.8 Å². The summed E-state index contributed by atoms with van der Waals surface area (Å²) in [5, 5.41) is 9.06. The van der Waals surface area contributed by atoms with Crippen LogP contribution in [0.5, 0.6) is 0 Å². The van der Waals surface area contributed by atoms with E-state index in [1.807, 2.05) is 24.3 Å². The Morgan fingerprint density at radius 2 is 1.89 bits per heavy atom. The first kappa shape index (κ1) is 13.8. The smallest absolute Gasteiger partial charge is 0.357 e. The first-order valence-electron chi connectivity index (χ1n) is 5.97. The van der Waals surface area contributed by atoms with Gasteiger partial charge in [0, 0.05) is 12.6 Å². The summed E-state index contributed by atoms with van der Waals surface area (Å²) in [5.74, 6) is 0.0730. The molecule has 1 aromatic heterocycles. The summed E-state index contributed by atoms with van der Waals surface area (Å²) >= 11 is 3.26. The predicted molar refractivity (Wildman–Crippen MR) is 77.4 cm³/mol. The molecule has 4 nitrogen and oxygen atoms in total. The van der Waals surface area contributed by atoms with E-state index >= 15 is 0 Å². The molecule has 0 bridgehead atoms. The van der Waals surface area contributed by atoms with Gasteiger partial charge < -0.3 is 9.67 Å². The van der Waals surface area contributed by atoms with Crippen LogP contribution < -0.4 is 0 Å². The van der Waals surface area contributed by atoms with E-state index in [1.165, 1.54) is 5.56 Å². The zero-order valence-electron chi connectivity index (χ0n) is 11.0. The number of carboxylic acid groups (broad SMARTS) is 1. The molecule has 19 heavy (non-hydrogen) atoms. The average Bonchev–Trinajstić information content (AvgIpc) is 2.67. The second kappa shape index (κ2) is 5.17. The van der Waals surface area contributed by atoms with Crippen LogP contribution in [-0.2, 0) is 7.05 Å². The Morgan fingerprint density at radius 1 is 1.32 bits per heavy atom. The summed E-state index contributed by atoms with van der Waals surface area (Å²) in [6, 6.07) is 8.03. The molecule has 0 aliphatic carbocycles. The van der Waals surface area contributed by atoms with Crippen molar-refractivity contribution in [3.63, 3.8) is 0 Å². The highest BCUT2D eigenvalue weighted by Crippen LogP contribution is 2.26. The zero-order chi connectivity index (χ0) is 14.2. The second-order valence-electron chi connectivity index (χ2n) is 4.72. The van der Waals surface area contributed by atoms with Crippen LogP contribution in [0.3, 0.4) is 0 Å². The molecule has 0 unspecified atom stereocenters. The van der Waals surface area contributed by atoms with Gasteiger partial charge >= 0.3 is 5.97 Å². The standard InChI is InChI=1S/C14H15BrN2O2/c1-8(2)9-4-6-10(7-5-9)13-16-11(14(18)19)12(15)17(13)3/h4-8H,1-3H3,(H,18,19). The molecule has 1 N–H and O–H groups in total. The van der Waals surface area contributed by atoms with Crippen LogP contribution in [-0.4, -0.2) is 20.6 Å². The van der Waals surface area contributed by atoms with Crippen LogP contribution in [0.2, 0.25) is 0 Å². The highest BCUT2D eigenvalue weighted by molar-refractivity contribution is 9.10. The lowest BCUT2D eigenvalue weighted by Gasteiger charge is -2.07. The number of halogens is 1. The Bertz CT molecular complexity index is 615. The van der Waals surface area contributed by atoms with Crippen molar-refractivity contribution in [1.29, 1.82) is 0 Å². The fourth-order valence-corrected chi connectivity index (χ4v) is 2.32. The lowest BCUT2D eigenvalue weighted by molar-refractivity contribution is 0.0690. The minimum atomic E-state index is -1.03. The molecule has 0 saturated carbocycles. The third-order valence-corrected chi connectivity index (χ3v) is 3.97. The maximum Gasteiger partial charge on any atom is 0.357 e. The largest absolute Gasteiger partial charge is 0.476 e. The molecule has 1 heterocycles. The highest BCUT2D eigenvalue weighted by atomic mass is 79.9. The van der Waals surface area contributed by atoms with E-state index in [-0.39, 0.29) is 5.69 Å². The van der Waals surface area contributed by atoms with Gasteiger partial charge in [0.15, 0.2) is 5.69 Å². The van der Waals surface area contributed by atoms with Crippen molar-refractivity contribution in [2.45, 2.75) is 19.8 Å². The molecule has 0 aliphatic heterocycles. The molecule has 0 fully saturated rings. The van der Waals surface area contributed by atoms with Crippen LogP contribution in [0, 0.1) is 0 Å². The van der Waals surface area contributed by atoms with Gasteiger partial charge in [-0.05, 0) is 27.4 Å². The maximum atomic E-state index is 11.1. The van der Waals surface area contributed by atoms with Crippen molar-refractivity contribution < 1.29 is 9.90 Å². The number of aromatic nitrogens is 2. The number of carboxylic acids is 1. The van der Waals surface area contributed by atoms with E-state index in [9.17, 15) is 4.79 Å².